The van der Waals surface area contributed by atoms with Crippen molar-refractivity contribution in [1.29, 1.82) is 0 Å². The van der Waals surface area contributed by atoms with Gasteiger partial charge in [0.05, 0.1) is 37.2 Å². The number of ether oxygens (including phenoxy) is 2. The Bertz CT molecular complexity index is 822. The Labute approximate surface area is 217 Å². The van der Waals surface area contributed by atoms with E-state index in [4.69, 9.17) is 9.47 Å². The summed E-state index contributed by atoms with van der Waals surface area (Å²) >= 11 is 3.67. The Morgan fingerprint density at radius 1 is 1.37 bits per heavy atom. The van der Waals surface area contributed by atoms with Gasteiger partial charge in [-0.3, -0.25) is 14.4 Å². The highest BCUT2D eigenvalue weighted by Crippen LogP contribution is 2.61. The molecule has 2 amide bonds. The van der Waals surface area contributed by atoms with Gasteiger partial charge < -0.3 is 24.4 Å². The van der Waals surface area contributed by atoms with E-state index in [2.05, 4.69) is 29.4 Å². The van der Waals surface area contributed by atoms with Crippen LogP contribution in [0.1, 0.15) is 60.3 Å². The Morgan fingerprint density at radius 3 is 2.60 bits per heavy atom. The second kappa shape index (κ2) is 11.3. The summed E-state index contributed by atoms with van der Waals surface area (Å²) in [6.45, 7) is 13.9. The van der Waals surface area contributed by atoms with Gasteiger partial charge in [-0.25, -0.2) is 0 Å². The molecule has 1 N–H and O–H groups in total. The lowest BCUT2D eigenvalue weighted by Crippen LogP contribution is -2.60. The summed E-state index contributed by atoms with van der Waals surface area (Å²) in [7, 11) is 0. The number of hydrogen-bond acceptors (Lipinski definition) is 6. The van der Waals surface area contributed by atoms with Crippen LogP contribution in [0.2, 0.25) is 0 Å². The SMILES string of the molecule is C=CCN(C(=O)[C@H]1N([C@@H](CO)CC(C)C)C(=O)[C@@H]2[C@@H](C(=O)OCC)[C@@H]3O[C@@]21CC3Br)C(C)CCC. The Kier molecular flexibility index (Phi) is 9.08. The molecular formula is C26H41BrN2O6. The molecule has 3 saturated heterocycles. The third kappa shape index (κ3) is 4.80. The van der Waals surface area contributed by atoms with Gasteiger partial charge in [0.2, 0.25) is 11.8 Å². The Balaban J connectivity index is 2.13. The minimum Gasteiger partial charge on any atom is -0.466 e. The van der Waals surface area contributed by atoms with Crippen LogP contribution in [-0.2, 0) is 23.9 Å². The van der Waals surface area contributed by atoms with Crippen molar-refractivity contribution in [3.63, 3.8) is 0 Å². The van der Waals surface area contributed by atoms with Crippen LogP contribution in [0.4, 0.5) is 0 Å². The number of likely N-dealkylation sites (tertiary alicyclic amines) is 1. The highest BCUT2D eigenvalue weighted by molar-refractivity contribution is 9.09. The first-order valence-corrected chi connectivity index (χ1v) is 13.8. The molecule has 3 fully saturated rings. The normalized spacial score (nSPS) is 33.1. The number of carbonyl (C=O) groups is 3. The number of alkyl halides is 1. The highest BCUT2D eigenvalue weighted by atomic mass is 79.9. The Morgan fingerprint density at radius 2 is 2.06 bits per heavy atom. The quantitative estimate of drug-likeness (QED) is 0.225. The van der Waals surface area contributed by atoms with Gasteiger partial charge in [0.15, 0.2) is 0 Å². The van der Waals surface area contributed by atoms with Crippen LogP contribution in [-0.4, -0.2) is 87.1 Å². The van der Waals surface area contributed by atoms with Crippen molar-refractivity contribution < 1.29 is 29.0 Å². The molecule has 198 valence electrons. The van der Waals surface area contributed by atoms with Gasteiger partial charge in [0.25, 0.3) is 0 Å². The van der Waals surface area contributed by atoms with Crippen LogP contribution >= 0.6 is 15.9 Å². The van der Waals surface area contributed by atoms with Crippen LogP contribution in [0.3, 0.4) is 0 Å². The lowest BCUT2D eigenvalue weighted by atomic mass is 9.70. The molecular weight excluding hydrogens is 516 g/mol. The molecule has 0 aliphatic carbocycles. The zero-order chi connectivity index (χ0) is 26.1. The number of nitrogens with zero attached hydrogens (tertiary/aromatic N) is 2. The number of halogens is 1. The molecule has 3 aliphatic heterocycles. The average Bonchev–Trinajstić information content (AvgIpc) is 3.39. The maximum absolute atomic E-state index is 14.3. The van der Waals surface area contributed by atoms with Crippen LogP contribution in [0.25, 0.3) is 0 Å². The fourth-order valence-electron chi connectivity index (χ4n) is 6.43. The molecule has 1 spiro atoms. The molecule has 2 bridgehead atoms. The van der Waals surface area contributed by atoms with Crippen molar-refractivity contribution >= 4 is 33.7 Å². The van der Waals surface area contributed by atoms with Crippen molar-refractivity contribution in [1.82, 2.24) is 9.80 Å². The van der Waals surface area contributed by atoms with Gasteiger partial charge in [0, 0.05) is 17.4 Å². The predicted molar refractivity (Wildman–Crippen MR) is 136 cm³/mol. The minimum absolute atomic E-state index is 0.0604. The fourth-order valence-corrected chi connectivity index (χ4v) is 7.37. The first-order chi connectivity index (χ1) is 16.6. The van der Waals surface area contributed by atoms with Crippen LogP contribution in [0.15, 0.2) is 12.7 Å². The average molecular weight is 558 g/mol. The van der Waals surface area contributed by atoms with Crippen molar-refractivity contribution in [3.05, 3.63) is 12.7 Å². The molecule has 3 aliphatic rings. The molecule has 3 heterocycles. The molecule has 8 nitrogen and oxygen atoms in total. The molecule has 35 heavy (non-hydrogen) atoms. The molecule has 9 heteroatoms. The topological polar surface area (TPSA) is 96.4 Å². The Hall–Kier alpha value is -1.45. The van der Waals surface area contributed by atoms with Gasteiger partial charge in [-0.15, -0.1) is 6.58 Å². The van der Waals surface area contributed by atoms with E-state index in [9.17, 15) is 19.5 Å². The third-order valence-electron chi connectivity index (χ3n) is 7.71. The summed E-state index contributed by atoms with van der Waals surface area (Å²) in [4.78, 5) is 44.6. The first kappa shape index (κ1) is 28.1. The smallest absolute Gasteiger partial charge is 0.312 e. The molecule has 8 atom stereocenters. The third-order valence-corrected chi connectivity index (χ3v) is 8.56. The summed E-state index contributed by atoms with van der Waals surface area (Å²) in [6.07, 6.45) is 3.83. The number of esters is 1. The monoisotopic (exact) mass is 556 g/mol. The van der Waals surface area contributed by atoms with E-state index in [1.54, 1.807) is 22.8 Å². The van der Waals surface area contributed by atoms with Crippen molar-refractivity contribution in [3.8, 4) is 0 Å². The zero-order valence-corrected chi connectivity index (χ0v) is 23.2. The lowest BCUT2D eigenvalue weighted by Gasteiger charge is -2.41. The first-order valence-electron chi connectivity index (χ1n) is 12.9. The number of aliphatic hydroxyl groups excluding tert-OH is 1. The number of hydrogen-bond donors (Lipinski definition) is 1. The predicted octanol–water partition coefficient (Wildman–Crippen LogP) is 2.91. The summed E-state index contributed by atoms with van der Waals surface area (Å²) in [5.74, 6) is -2.40. The summed E-state index contributed by atoms with van der Waals surface area (Å²) in [5.41, 5.74) is -1.15. The molecule has 0 aromatic heterocycles. The van der Waals surface area contributed by atoms with Gasteiger partial charge in [0.1, 0.15) is 11.6 Å². The van der Waals surface area contributed by atoms with E-state index >= 15 is 0 Å². The summed E-state index contributed by atoms with van der Waals surface area (Å²) in [6, 6.07) is -1.54. The second-order valence-corrected chi connectivity index (χ2v) is 11.7. The fraction of sp³-hybridized carbons (Fsp3) is 0.808. The minimum atomic E-state index is -1.15. The number of amides is 2. The van der Waals surface area contributed by atoms with E-state index in [1.807, 2.05) is 20.8 Å². The maximum atomic E-state index is 14.3. The van der Waals surface area contributed by atoms with Crippen molar-refractivity contribution in [2.24, 2.45) is 17.8 Å². The van der Waals surface area contributed by atoms with Crippen molar-refractivity contribution in [2.45, 2.75) is 95.0 Å². The maximum Gasteiger partial charge on any atom is 0.312 e. The van der Waals surface area contributed by atoms with Gasteiger partial charge in [-0.05, 0) is 39.0 Å². The number of aliphatic hydroxyl groups is 1. The van der Waals surface area contributed by atoms with Gasteiger partial charge >= 0.3 is 5.97 Å². The lowest BCUT2D eigenvalue weighted by molar-refractivity contribution is -0.156. The van der Waals surface area contributed by atoms with E-state index in [0.717, 1.165) is 12.8 Å². The number of carbonyl (C=O) groups excluding carboxylic acids is 3. The summed E-state index contributed by atoms with van der Waals surface area (Å²) < 4.78 is 11.9. The van der Waals surface area contributed by atoms with E-state index in [-0.39, 0.29) is 41.8 Å². The van der Waals surface area contributed by atoms with E-state index in [0.29, 0.717) is 19.4 Å². The molecule has 0 saturated carbocycles. The number of rotatable bonds is 12. The zero-order valence-electron chi connectivity index (χ0n) is 21.6. The molecule has 2 unspecified atom stereocenters. The van der Waals surface area contributed by atoms with Crippen molar-refractivity contribution in [2.75, 3.05) is 19.8 Å². The van der Waals surface area contributed by atoms with Gasteiger partial charge in [-0.1, -0.05) is 49.2 Å². The van der Waals surface area contributed by atoms with E-state index < -0.39 is 41.6 Å². The molecule has 0 aromatic carbocycles. The molecule has 3 rings (SSSR count). The number of fused-ring (bicyclic) bond motifs is 1. The molecule has 0 aromatic rings. The van der Waals surface area contributed by atoms with Crippen LogP contribution < -0.4 is 0 Å². The highest BCUT2D eigenvalue weighted by Gasteiger charge is 2.77. The second-order valence-electron chi connectivity index (χ2n) is 10.5. The molecule has 0 radical (unpaired) electrons. The van der Waals surface area contributed by atoms with Gasteiger partial charge in [-0.2, -0.15) is 0 Å². The van der Waals surface area contributed by atoms with E-state index in [1.165, 1.54) is 0 Å². The largest absolute Gasteiger partial charge is 0.466 e. The summed E-state index contributed by atoms with van der Waals surface area (Å²) in [5, 5.41) is 10.4. The van der Waals surface area contributed by atoms with Crippen LogP contribution in [0, 0.1) is 17.8 Å². The standard InChI is InChI=1S/C26H41BrN2O6/c1-7-10-16(6)28(11-8-2)24(32)22-26-13-18(27)21(35-26)19(25(33)34-9-3)20(26)23(31)29(22)17(14-30)12-15(4)5/h8,15-22,30H,2,7,9-14H2,1,3-6H3/t16?,17-,18?,19-,20+,21-,22-,26+/m1/s1. The van der Waals surface area contributed by atoms with Crippen LogP contribution in [0.5, 0.6) is 0 Å².